The zero-order chi connectivity index (χ0) is 19.8. The molecule has 3 rings (SSSR count). The molecule has 0 bridgehead atoms. The normalized spacial score (nSPS) is 10.9. The van der Waals surface area contributed by atoms with Gasteiger partial charge in [0.05, 0.1) is 31.0 Å². The van der Waals surface area contributed by atoms with Crippen molar-refractivity contribution in [3.05, 3.63) is 81.8 Å². The van der Waals surface area contributed by atoms with Gasteiger partial charge in [-0.05, 0) is 48.4 Å². The molecule has 144 valence electrons. The smallest absolute Gasteiger partial charge is 0.248 e. The van der Waals surface area contributed by atoms with E-state index >= 15 is 0 Å². The average Bonchev–Trinajstić information content (AvgIpc) is 3.12. The highest BCUT2D eigenvalue weighted by Crippen LogP contribution is 2.15. The van der Waals surface area contributed by atoms with E-state index in [4.69, 9.17) is 9.47 Å². The molecule has 6 heteroatoms. The van der Waals surface area contributed by atoms with Crippen LogP contribution in [-0.4, -0.2) is 18.0 Å². The number of carbonyl (C=O) groups is 1. The molecule has 0 aliphatic carbocycles. The van der Waals surface area contributed by atoms with Gasteiger partial charge < -0.3 is 14.8 Å². The fraction of sp³-hybridized carbons (Fsp3) is 0.182. The molecule has 2 aromatic carbocycles. The summed E-state index contributed by atoms with van der Waals surface area (Å²) in [7, 11) is 1.65. The molecule has 0 spiro atoms. The maximum Gasteiger partial charge on any atom is 0.248 e. The van der Waals surface area contributed by atoms with Crippen LogP contribution in [0.2, 0.25) is 0 Å². The number of aryl methyl sites for hydroxylation is 1. The van der Waals surface area contributed by atoms with E-state index in [-0.39, 0.29) is 5.91 Å². The molecule has 0 fully saturated rings. The Hall–Kier alpha value is -2.96. The van der Waals surface area contributed by atoms with Crippen LogP contribution in [0, 0.1) is 6.92 Å². The van der Waals surface area contributed by atoms with Crippen LogP contribution in [0.1, 0.15) is 21.8 Å². The fourth-order valence-electron chi connectivity index (χ4n) is 2.55. The monoisotopic (exact) mass is 394 g/mol. The standard InChI is InChI=1S/C22H22N2O3S/c1-16-23-20(15-28-16)8-11-22(25)24-19-5-3-4-18(12-19)14-27-13-17-6-9-21(26-2)10-7-17/h3-12,15H,13-14H2,1-2H3,(H,24,25). The molecule has 3 aromatic rings. The van der Waals surface area contributed by atoms with Crippen LogP contribution in [0.25, 0.3) is 6.08 Å². The van der Waals surface area contributed by atoms with Crippen molar-refractivity contribution in [3.63, 3.8) is 0 Å². The van der Waals surface area contributed by atoms with E-state index in [1.807, 2.05) is 60.8 Å². The topological polar surface area (TPSA) is 60.5 Å². The molecular formula is C22H22N2O3S. The number of aromatic nitrogens is 1. The Balaban J connectivity index is 1.50. The van der Waals surface area contributed by atoms with Gasteiger partial charge in [-0.1, -0.05) is 24.3 Å². The largest absolute Gasteiger partial charge is 0.497 e. The van der Waals surface area contributed by atoms with Gasteiger partial charge in [0.1, 0.15) is 5.75 Å². The van der Waals surface area contributed by atoms with E-state index in [1.54, 1.807) is 24.5 Å². The van der Waals surface area contributed by atoms with Crippen molar-refractivity contribution < 1.29 is 14.3 Å². The first-order valence-electron chi connectivity index (χ1n) is 8.83. The number of hydrogen-bond donors (Lipinski definition) is 1. The second-order valence-corrected chi connectivity index (χ2v) is 7.22. The van der Waals surface area contributed by atoms with Crippen LogP contribution in [0.15, 0.2) is 60.0 Å². The molecule has 1 N–H and O–H groups in total. The summed E-state index contributed by atoms with van der Waals surface area (Å²) in [5, 5.41) is 5.75. The Morgan fingerprint density at radius 3 is 2.64 bits per heavy atom. The zero-order valence-corrected chi connectivity index (χ0v) is 16.7. The number of thiazole rings is 1. The van der Waals surface area contributed by atoms with E-state index in [0.29, 0.717) is 13.2 Å². The van der Waals surface area contributed by atoms with Gasteiger partial charge in [0.15, 0.2) is 0 Å². The highest BCUT2D eigenvalue weighted by Gasteiger charge is 2.02. The SMILES string of the molecule is COc1ccc(COCc2cccc(NC(=O)C=Cc3csc(C)n3)c2)cc1. The lowest BCUT2D eigenvalue weighted by Gasteiger charge is -2.08. The molecule has 0 radical (unpaired) electrons. The minimum absolute atomic E-state index is 0.193. The van der Waals surface area contributed by atoms with Gasteiger partial charge in [-0.25, -0.2) is 4.98 Å². The Morgan fingerprint density at radius 1 is 1.14 bits per heavy atom. The Kier molecular flexibility index (Phi) is 6.94. The van der Waals surface area contributed by atoms with E-state index in [1.165, 1.54) is 6.08 Å². The minimum atomic E-state index is -0.193. The van der Waals surface area contributed by atoms with Crippen LogP contribution in [-0.2, 0) is 22.7 Å². The average molecular weight is 394 g/mol. The van der Waals surface area contributed by atoms with Gasteiger partial charge in [0.25, 0.3) is 0 Å². The summed E-state index contributed by atoms with van der Waals surface area (Å²) in [5.74, 6) is 0.633. The summed E-state index contributed by atoms with van der Waals surface area (Å²) in [6.45, 7) is 2.91. The molecular weight excluding hydrogens is 372 g/mol. The predicted molar refractivity (Wildman–Crippen MR) is 112 cm³/mol. The summed E-state index contributed by atoms with van der Waals surface area (Å²) in [4.78, 5) is 16.4. The van der Waals surface area contributed by atoms with Crippen LogP contribution in [0.3, 0.4) is 0 Å². The van der Waals surface area contributed by atoms with Crippen molar-refractivity contribution >= 4 is 29.0 Å². The molecule has 0 unspecified atom stereocenters. The molecule has 0 aliphatic heterocycles. The van der Waals surface area contributed by atoms with Crippen LogP contribution in [0.4, 0.5) is 5.69 Å². The van der Waals surface area contributed by atoms with Crippen LogP contribution in [0.5, 0.6) is 5.75 Å². The molecule has 5 nitrogen and oxygen atoms in total. The summed E-state index contributed by atoms with van der Waals surface area (Å²) >= 11 is 1.56. The van der Waals surface area contributed by atoms with Crippen LogP contribution < -0.4 is 10.1 Å². The summed E-state index contributed by atoms with van der Waals surface area (Å²) in [6, 6.07) is 15.4. The van der Waals surface area contributed by atoms with Crippen LogP contribution >= 0.6 is 11.3 Å². The number of benzene rings is 2. The van der Waals surface area contributed by atoms with Gasteiger partial charge in [-0.3, -0.25) is 4.79 Å². The number of carbonyl (C=O) groups excluding carboxylic acids is 1. The lowest BCUT2D eigenvalue weighted by atomic mass is 10.2. The predicted octanol–water partition coefficient (Wildman–Crippen LogP) is 4.83. The number of ether oxygens (including phenoxy) is 2. The molecule has 1 amide bonds. The Bertz CT molecular complexity index is 948. The number of methoxy groups -OCH3 is 1. The maximum atomic E-state index is 12.1. The lowest BCUT2D eigenvalue weighted by molar-refractivity contribution is -0.111. The van der Waals surface area contributed by atoms with E-state index in [2.05, 4.69) is 10.3 Å². The summed E-state index contributed by atoms with van der Waals surface area (Å²) in [6.07, 6.45) is 3.20. The number of amides is 1. The quantitative estimate of drug-likeness (QED) is 0.556. The minimum Gasteiger partial charge on any atom is -0.497 e. The summed E-state index contributed by atoms with van der Waals surface area (Å²) < 4.78 is 10.9. The van der Waals surface area contributed by atoms with Crippen molar-refractivity contribution in [1.29, 1.82) is 0 Å². The van der Waals surface area contributed by atoms with Crippen molar-refractivity contribution in [2.24, 2.45) is 0 Å². The zero-order valence-electron chi connectivity index (χ0n) is 15.8. The number of nitrogens with zero attached hydrogens (tertiary/aromatic N) is 1. The van der Waals surface area contributed by atoms with Crippen molar-refractivity contribution in [1.82, 2.24) is 4.98 Å². The van der Waals surface area contributed by atoms with Gasteiger partial charge in [-0.2, -0.15) is 0 Å². The van der Waals surface area contributed by atoms with Gasteiger partial charge in [0.2, 0.25) is 5.91 Å². The summed E-state index contributed by atoms with van der Waals surface area (Å²) in [5.41, 5.74) is 3.59. The number of anilines is 1. The van der Waals surface area contributed by atoms with E-state index in [9.17, 15) is 4.79 Å². The number of hydrogen-bond acceptors (Lipinski definition) is 5. The first-order valence-corrected chi connectivity index (χ1v) is 9.71. The molecule has 0 aliphatic rings. The molecule has 28 heavy (non-hydrogen) atoms. The lowest BCUT2D eigenvalue weighted by Crippen LogP contribution is -2.08. The van der Waals surface area contributed by atoms with Crippen molar-refractivity contribution in [3.8, 4) is 5.75 Å². The second kappa shape index (κ2) is 9.82. The number of rotatable bonds is 8. The highest BCUT2D eigenvalue weighted by atomic mass is 32.1. The third-order valence-corrected chi connectivity index (χ3v) is 4.73. The molecule has 1 aromatic heterocycles. The fourth-order valence-corrected chi connectivity index (χ4v) is 3.13. The van der Waals surface area contributed by atoms with Gasteiger partial charge in [-0.15, -0.1) is 11.3 Å². The second-order valence-electron chi connectivity index (χ2n) is 6.16. The van der Waals surface area contributed by atoms with Crippen molar-refractivity contribution in [2.75, 3.05) is 12.4 Å². The Morgan fingerprint density at radius 2 is 1.93 bits per heavy atom. The first kappa shape index (κ1) is 19.8. The van der Waals surface area contributed by atoms with E-state index in [0.717, 1.165) is 33.3 Å². The van der Waals surface area contributed by atoms with E-state index < -0.39 is 0 Å². The third kappa shape index (κ3) is 6.04. The molecule has 0 atom stereocenters. The first-order chi connectivity index (χ1) is 13.6. The van der Waals surface area contributed by atoms with Crippen molar-refractivity contribution in [2.45, 2.75) is 20.1 Å². The van der Waals surface area contributed by atoms with Gasteiger partial charge >= 0.3 is 0 Å². The molecule has 0 saturated heterocycles. The maximum absolute atomic E-state index is 12.1. The third-order valence-electron chi connectivity index (χ3n) is 3.93. The number of nitrogens with one attached hydrogen (secondary N) is 1. The molecule has 0 saturated carbocycles. The highest BCUT2D eigenvalue weighted by molar-refractivity contribution is 7.09. The van der Waals surface area contributed by atoms with Gasteiger partial charge in [0, 0.05) is 17.1 Å². The Labute approximate surface area is 168 Å². The molecule has 1 heterocycles.